The van der Waals surface area contributed by atoms with Crippen LogP contribution in [0.25, 0.3) is 11.1 Å². The smallest absolute Gasteiger partial charge is 0.338 e. The molecule has 0 fully saturated rings. The summed E-state index contributed by atoms with van der Waals surface area (Å²) in [6, 6.07) is 11.1. The Bertz CT molecular complexity index is 697. The third-order valence-corrected chi connectivity index (χ3v) is 4.12. The van der Waals surface area contributed by atoms with Crippen molar-refractivity contribution in [1.82, 2.24) is 0 Å². The summed E-state index contributed by atoms with van der Waals surface area (Å²) in [7, 11) is 2.72. The van der Waals surface area contributed by atoms with E-state index < -0.39 is 11.9 Å². The molecule has 2 rings (SSSR count). The number of benzene rings is 2. The molecule has 24 heavy (non-hydrogen) atoms. The van der Waals surface area contributed by atoms with Crippen LogP contribution in [0.4, 0.5) is 0 Å². The van der Waals surface area contributed by atoms with Gasteiger partial charge in [-0.3, -0.25) is 0 Å². The van der Waals surface area contributed by atoms with E-state index in [1.54, 1.807) is 12.1 Å². The number of rotatable bonds is 5. The van der Waals surface area contributed by atoms with Crippen molar-refractivity contribution in [2.24, 2.45) is 0 Å². The maximum absolute atomic E-state index is 12.3. The second-order valence-corrected chi connectivity index (χ2v) is 5.37. The van der Waals surface area contributed by atoms with Gasteiger partial charge >= 0.3 is 11.9 Å². The number of esters is 2. The maximum atomic E-state index is 12.3. The van der Waals surface area contributed by atoms with Crippen molar-refractivity contribution in [2.75, 3.05) is 14.2 Å². The monoisotopic (exact) mass is 326 g/mol. The third kappa shape index (κ3) is 3.18. The Kier molecular flexibility index (Phi) is 5.74. The Hall–Kier alpha value is -2.62. The van der Waals surface area contributed by atoms with Crippen molar-refractivity contribution in [3.8, 4) is 11.1 Å². The molecular weight excluding hydrogens is 304 g/mol. The zero-order valence-electron chi connectivity index (χ0n) is 14.5. The molecule has 0 unspecified atom stereocenters. The highest BCUT2D eigenvalue weighted by Crippen LogP contribution is 2.35. The molecule has 0 radical (unpaired) electrons. The van der Waals surface area contributed by atoms with E-state index in [4.69, 9.17) is 9.47 Å². The molecule has 2 aromatic rings. The molecule has 0 bridgehead atoms. The largest absolute Gasteiger partial charge is 0.465 e. The minimum Gasteiger partial charge on any atom is -0.465 e. The molecule has 4 heteroatoms. The highest BCUT2D eigenvalue weighted by atomic mass is 16.5. The topological polar surface area (TPSA) is 52.6 Å². The molecule has 0 saturated heterocycles. The van der Waals surface area contributed by atoms with Gasteiger partial charge in [0.1, 0.15) is 0 Å². The Labute approximate surface area is 142 Å². The summed E-state index contributed by atoms with van der Waals surface area (Å²) in [6.07, 6.45) is 1.47. The summed E-state index contributed by atoms with van der Waals surface area (Å²) in [5, 5.41) is 0. The summed E-state index contributed by atoms with van der Waals surface area (Å²) in [5.41, 5.74) is 4.41. The second-order valence-electron chi connectivity index (χ2n) is 5.37. The lowest BCUT2D eigenvalue weighted by atomic mass is 9.86. The van der Waals surface area contributed by atoms with E-state index >= 15 is 0 Å². The number of aryl methyl sites for hydroxylation is 2. The molecule has 126 valence electrons. The first-order valence-corrected chi connectivity index (χ1v) is 7.99. The SMILES string of the molecule is CCc1cccc(C(=O)OC)c1-c1c(CC)cccc1C(=O)OC. The zero-order chi connectivity index (χ0) is 17.7. The molecule has 0 atom stereocenters. The molecule has 0 saturated carbocycles. The van der Waals surface area contributed by atoms with Gasteiger partial charge in [0, 0.05) is 11.1 Å². The average molecular weight is 326 g/mol. The van der Waals surface area contributed by atoms with Gasteiger partial charge in [0.25, 0.3) is 0 Å². The van der Waals surface area contributed by atoms with E-state index in [9.17, 15) is 9.59 Å². The van der Waals surface area contributed by atoms with Crippen molar-refractivity contribution >= 4 is 11.9 Å². The van der Waals surface area contributed by atoms with E-state index in [1.807, 2.05) is 38.1 Å². The summed E-state index contributed by atoms with van der Waals surface area (Å²) in [4.78, 5) is 24.6. The van der Waals surface area contributed by atoms with Gasteiger partial charge in [-0.1, -0.05) is 38.1 Å². The van der Waals surface area contributed by atoms with Gasteiger partial charge < -0.3 is 9.47 Å². The van der Waals surface area contributed by atoms with Crippen LogP contribution in [0.15, 0.2) is 36.4 Å². The van der Waals surface area contributed by atoms with Crippen LogP contribution in [0.1, 0.15) is 45.7 Å². The quantitative estimate of drug-likeness (QED) is 0.778. The van der Waals surface area contributed by atoms with Crippen molar-refractivity contribution in [1.29, 1.82) is 0 Å². The Morgan fingerprint density at radius 3 is 1.42 bits per heavy atom. The van der Waals surface area contributed by atoms with Gasteiger partial charge in [0.05, 0.1) is 25.3 Å². The van der Waals surface area contributed by atoms with Gasteiger partial charge in [-0.15, -0.1) is 0 Å². The highest BCUT2D eigenvalue weighted by Gasteiger charge is 2.23. The fraction of sp³-hybridized carbons (Fsp3) is 0.300. The van der Waals surface area contributed by atoms with E-state index in [0.29, 0.717) is 11.1 Å². The molecule has 0 amide bonds. The first-order valence-electron chi connectivity index (χ1n) is 7.99. The first-order chi connectivity index (χ1) is 11.6. The minimum absolute atomic E-state index is 0.415. The van der Waals surface area contributed by atoms with Crippen LogP contribution in [0.2, 0.25) is 0 Å². The molecule has 2 aromatic carbocycles. The number of methoxy groups -OCH3 is 2. The molecule has 0 heterocycles. The predicted octanol–water partition coefficient (Wildman–Crippen LogP) is 4.05. The number of hydrogen-bond donors (Lipinski definition) is 0. The molecule has 0 spiro atoms. The van der Waals surface area contributed by atoms with Crippen LogP contribution in [-0.2, 0) is 22.3 Å². The van der Waals surface area contributed by atoms with E-state index in [-0.39, 0.29) is 0 Å². The zero-order valence-corrected chi connectivity index (χ0v) is 14.5. The molecule has 0 aliphatic rings. The third-order valence-electron chi connectivity index (χ3n) is 4.12. The van der Waals surface area contributed by atoms with Crippen LogP contribution in [0.3, 0.4) is 0 Å². The maximum Gasteiger partial charge on any atom is 0.338 e. The van der Waals surface area contributed by atoms with Crippen LogP contribution >= 0.6 is 0 Å². The summed E-state index contributed by atoms with van der Waals surface area (Å²) in [5.74, 6) is -0.830. The normalized spacial score (nSPS) is 10.3. The van der Waals surface area contributed by atoms with Gasteiger partial charge in [0.2, 0.25) is 0 Å². The predicted molar refractivity (Wildman–Crippen MR) is 93.3 cm³/mol. The molecule has 0 aromatic heterocycles. The standard InChI is InChI=1S/C20H22O4/c1-5-13-9-7-11-15(19(21)23-3)17(13)18-14(6-2)10-8-12-16(18)20(22)24-4/h7-12H,5-6H2,1-4H3. The number of carbonyl (C=O) groups excluding carboxylic acids is 2. The van der Waals surface area contributed by atoms with Crippen molar-refractivity contribution < 1.29 is 19.1 Å². The fourth-order valence-corrected chi connectivity index (χ4v) is 2.94. The number of ether oxygens (including phenoxy) is 2. The minimum atomic E-state index is -0.415. The average Bonchev–Trinajstić information content (AvgIpc) is 2.65. The number of carbonyl (C=O) groups is 2. The molecular formula is C20H22O4. The summed E-state index contributed by atoms with van der Waals surface area (Å²) >= 11 is 0. The second kappa shape index (κ2) is 7.77. The molecule has 0 aliphatic heterocycles. The van der Waals surface area contributed by atoms with Crippen molar-refractivity contribution in [3.05, 3.63) is 58.7 Å². The van der Waals surface area contributed by atoms with Crippen molar-refractivity contribution in [2.45, 2.75) is 26.7 Å². The fourth-order valence-electron chi connectivity index (χ4n) is 2.94. The first kappa shape index (κ1) is 17.7. The van der Waals surface area contributed by atoms with Crippen LogP contribution < -0.4 is 0 Å². The van der Waals surface area contributed by atoms with Gasteiger partial charge in [-0.25, -0.2) is 9.59 Å². The van der Waals surface area contributed by atoms with Crippen LogP contribution in [0, 0.1) is 0 Å². The van der Waals surface area contributed by atoms with E-state index in [1.165, 1.54) is 14.2 Å². The van der Waals surface area contributed by atoms with Gasteiger partial charge in [-0.2, -0.15) is 0 Å². The highest BCUT2D eigenvalue weighted by molar-refractivity contribution is 6.04. The lowest BCUT2D eigenvalue weighted by Crippen LogP contribution is -2.11. The molecule has 4 nitrogen and oxygen atoms in total. The summed E-state index contributed by atoms with van der Waals surface area (Å²) < 4.78 is 9.89. The number of hydrogen-bond acceptors (Lipinski definition) is 4. The lowest BCUT2D eigenvalue weighted by Gasteiger charge is -2.18. The van der Waals surface area contributed by atoms with E-state index in [0.717, 1.165) is 35.1 Å². The van der Waals surface area contributed by atoms with Crippen molar-refractivity contribution in [3.63, 3.8) is 0 Å². The summed E-state index contributed by atoms with van der Waals surface area (Å²) in [6.45, 7) is 4.04. The lowest BCUT2D eigenvalue weighted by molar-refractivity contribution is 0.0590. The van der Waals surface area contributed by atoms with Crippen LogP contribution in [-0.4, -0.2) is 26.2 Å². The Morgan fingerprint density at radius 1 is 0.750 bits per heavy atom. The van der Waals surface area contributed by atoms with Gasteiger partial charge in [-0.05, 0) is 36.1 Å². The van der Waals surface area contributed by atoms with Crippen LogP contribution in [0.5, 0.6) is 0 Å². The van der Waals surface area contributed by atoms with Gasteiger partial charge in [0.15, 0.2) is 0 Å². The molecule has 0 N–H and O–H groups in total. The Balaban J connectivity index is 2.90. The Morgan fingerprint density at radius 2 is 1.12 bits per heavy atom. The molecule has 0 aliphatic carbocycles. The van der Waals surface area contributed by atoms with E-state index in [2.05, 4.69) is 0 Å².